The van der Waals surface area contributed by atoms with Crippen LogP contribution in [0.4, 0.5) is 5.82 Å². The average Bonchev–Trinajstić information content (AvgIpc) is 3.04. The summed E-state index contributed by atoms with van der Waals surface area (Å²) >= 11 is 5.86. The summed E-state index contributed by atoms with van der Waals surface area (Å²) in [5.41, 5.74) is 2.23. The van der Waals surface area contributed by atoms with E-state index in [1.807, 2.05) is 16.9 Å². The third kappa shape index (κ3) is 2.49. The van der Waals surface area contributed by atoms with Gasteiger partial charge < -0.3 is 4.90 Å². The van der Waals surface area contributed by atoms with E-state index in [2.05, 4.69) is 34.9 Å². The van der Waals surface area contributed by atoms with Gasteiger partial charge in [0.2, 0.25) is 0 Å². The van der Waals surface area contributed by atoms with Crippen molar-refractivity contribution in [1.29, 1.82) is 0 Å². The van der Waals surface area contributed by atoms with Crippen molar-refractivity contribution in [3.8, 4) is 0 Å². The highest BCUT2D eigenvalue weighted by atomic mass is 35.5. The highest BCUT2D eigenvalue weighted by Gasteiger charge is 2.25. The molecule has 5 heteroatoms. The number of rotatable bonds is 4. The Morgan fingerprint density at radius 2 is 2.30 bits per heavy atom. The second-order valence-corrected chi connectivity index (χ2v) is 6.26. The van der Waals surface area contributed by atoms with Crippen LogP contribution in [0.25, 0.3) is 5.52 Å². The summed E-state index contributed by atoms with van der Waals surface area (Å²) in [7, 11) is 0. The molecule has 1 saturated heterocycles. The molecule has 4 nitrogen and oxygen atoms in total. The standard InChI is InChI=1S/C15H21ClN4/c1-11(2)13-9-14-15(17-6-8-20(14)18-13)19-7-4-12(10-19)3-5-16/h6,8-9,11-12H,3-5,7,10H2,1-2H3. The molecule has 1 aliphatic heterocycles. The molecule has 3 heterocycles. The molecule has 0 aromatic carbocycles. The van der Waals surface area contributed by atoms with Crippen molar-refractivity contribution in [2.24, 2.45) is 5.92 Å². The van der Waals surface area contributed by atoms with Crippen molar-refractivity contribution in [3.05, 3.63) is 24.2 Å². The average molecular weight is 293 g/mol. The van der Waals surface area contributed by atoms with E-state index in [1.54, 1.807) is 0 Å². The maximum Gasteiger partial charge on any atom is 0.154 e. The Bertz CT molecular complexity index is 593. The monoisotopic (exact) mass is 292 g/mol. The van der Waals surface area contributed by atoms with Crippen molar-refractivity contribution in [1.82, 2.24) is 14.6 Å². The van der Waals surface area contributed by atoms with Gasteiger partial charge in [0.25, 0.3) is 0 Å². The largest absolute Gasteiger partial charge is 0.355 e. The summed E-state index contributed by atoms with van der Waals surface area (Å²) in [6.45, 7) is 6.46. The van der Waals surface area contributed by atoms with Gasteiger partial charge in [-0.05, 0) is 30.7 Å². The number of hydrogen-bond donors (Lipinski definition) is 0. The Morgan fingerprint density at radius 3 is 3.05 bits per heavy atom. The number of nitrogens with zero attached hydrogens (tertiary/aromatic N) is 4. The number of aromatic nitrogens is 3. The third-order valence-electron chi connectivity index (χ3n) is 4.08. The van der Waals surface area contributed by atoms with Gasteiger partial charge in [-0.2, -0.15) is 5.10 Å². The minimum absolute atomic E-state index is 0.435. The van der Waals surface area contributed by atoms with Gasteiger partial charge in [0, 0.05) is 31.4 Å². The second kappa shape index (κ2) is 5.60. The molecule has 0 spiro atoms. The second-order valence-electron chi connectivity index (χ2n) is 5.88. The van der Waals surface area contributed by atoms with Crippen LogP contribution in [-0.2, 0) is 0 Å². The maximum absolute atomic E-state index is 5.86. The predicted molar refractivity (Wildman–Crippen MR) is 82.7 cm³/mol. The molecule has 0 amide bonds. The van der Waals surface area contributed by atoms with Gasteiger partial charge in [-0.1, -0.05) is 13.8 Å². The van der Waals surface area contributed by atoms with Crippen LogP contribution in [0.15, 0.2) is 18.5 Å². The van der Waals surface area contributed by atoms with Crippen LogP contribution >= 0.6 is 11.6 Å². The normalized spacial score (nSPS) is 19.4. The number of fused-ring (bicyclic) bond motifs is 1. The molecule has 1 atom stereocenters. The molecule has 1 aliphatic rings. The van der Waals surface area contributed by atoms with Crippen molar-refractivity contribution in [2.45, 2.75) is 32.6 Å². The summed E-state index contributed by atoms with van der Waals surface area (Å²) < 4.78 is 1.95. The van der Waals surface area contributed by atoms with Crippen molar-refractivity contribution >= 4 is 22.9 Å². The highest BCUT2D eigenvalue weighted by molar-refractivity contribution is 6.17. The lowest BCUT2D eigenvalue weighted by Crippen LogP contribution is -2.21. The van der Waals surface area contributed by atoms with Crippen LogP contribution in [0.1, 0.15) is 38.3 Å². The van der Waals surface area contributed by atoms with Crippen LogP contribution in [-0.4, -0.2) is 33.6 Å². The number of anilines is 1. The predicted octanol–water partition coefficient (Wildman–Crippen LogP) is 3.31. The molecule has 3 rings (SSSR count). The van der Waals surface area contributed by atoms with E-state index >= 15 is 0 Å². The Kier molecular flexibility index (Phi) is 3.83. The first kappa shape index (κ1) is 13.7. The summed E-state index contributed by atoms with van der Waals surface area (Å²) in [6.07, 6.45) is 6.07. The third-order valence-corrected chi connectivity index (χ3v) is 4.30. The lowest BCUT2D eigenvalue weighted by atomic mass is 10.1. The quantitative estimate of drug-likeness (QED) is 0.811. The SMILES string of the molecule is CC(C)c1cc2c(N3CCC(CCCl)C3)nccn2n1. The first-order valence-electron chi connectivity index (χ1n) is 7.34. The molecule has 1 unspecified atom stereocenters. The van der Waals surface area contributed by atoms with E-state index in [0.29, 0.717) is 11.8 Å². The summed E-state index contributed by atoms with van der Waals surface area (Å²) in [5, 5.41) is 4.63. The Balaban J connectivity index is 1.92. The number of halogens is 1. The lowest BCUT2D eigenvalue weighted by Gasteiger charge is -2.18. The fraction of sp³-hybridized carbons (Fsp3) is 0.600. The van der Waals surface area contributed by atoms with Gasteiger partial charge in [-0.3, -0.25) is 0 Å². The van der Waals surface area contributed by atoms with Gasteiger partial charge in [0.15, 0.2) is 5.82 Å². The Labute approximate surface area is 124 Å². The van der Waals surface area contributed by atoms with Crippen LogP contribution in [0.2, 0.25) is 0 Å². The minimum atomic E-state index is 0.435. The molecule has 0 N–H and O–H groups in total. The van der Waals surface area contributed by atoms with E-state index in [-0.39, 0.29) is 0 Å². The van der Waals surface area contributed by atoms with Crippen molar-refractivity contribution < 1.29 is 0 Å². The Hall–Kier alpha value is -1.29. The number of alkyl halides is 1. The van der Waals surface area contributed by atoms with Crippen LogP contribution in [0, 0.1) is 5.92 Å². The van der Waals surface area contributed by atoms with Gasteiger partial charge in [-0.25, -0.2) is 9.50 Å². The summed E-state index contributed by atoms with van der Waals surface area (Å²) in [4.78, 5) is 6.96. The minimum Gasteiger partial charge on any atom is -0.355 e. The molecule has 108 valence electrons. The molecule has 0 aliphatic carbocycles. The van der Waals surface area contributed by atoms with E-state index < -0.39 is 0 Å². The van der Waals surface area contributed by atoms with Gasteiger partial charge in [0.05, 0.1) is 5.69 Å². The van der Waals surface area contributed by atoms with Gasteiger partial charge in [0.1, 0.15) is 5.52 Å². The van der Waals surface area contributed by atoms with Crippen molar-refractivity contribution in [3.63, 3.8) is 0 Å². The highest BCUT2D eigenvalue weighted by Crippen LogP contribution is 2.28. The molecule has 2 aromatic rings. The van der Waals surface area contributed by atoms with Crippen molar-refractivity contribution in [2.75, 3.05) is 23.9 Å². The fourth-order valence-corrected chi connectivity index (χ4v) is 3.18. The molecule has 0 radical (unpaired) electrons. The zero-order chi connectivity index (χ0) is 14.1. The molecular formula is C15H21ClN4. The molecular weight excluding hydrogens is 272 g/mol. The van der Waals surface area contributed by atoms with Gasteiger partial charge >= 0.3 is 0 Å². The van der Waals surface area contributed by atoms with Crippen LogP contribution in [0.3, 0.4) is 0 Å². The van der Waals surface area contributed by atoms with Gasteiger partial charge in [-0.15, -0.1) is 11.6 Å². The van der Waals surface area contributed by atoms with E-state index in [4.69, 9.17) is 11.6 Å². The first-order valence-corrected chi connectivity index (χ1v) is 7.87. The number of hydrogen-bond acceptors (Lipinski definition) is 3. The van der Waals surface area contributed by atoms with E-state index in [0.717, 1.165) is 42.4 Å². The van der Waals surface area contributed by atoms with Crippen LogP contribution in [0.5, 0.6) is 0 Å². The van der Waals surface area contributed by atoms with Crippen LogP contribution < -0.4 is 4.90 Å². The maximum atomic E-state index is 5.86. The molecule has 20 heavy (non-hydrogen) atoms. The molecule has 0 saturated carbocycles. The zero-order valence-electron chi connectivity index (χ0n) is 12.1. The molecule has 1 fully saturated rings. The Morgan fingerprint density at radius 1 is 1.45 bits per heavy atom. The zero-order valence-corrected chi connectivity index (χ0v) is 12.8. The fourth-order valence-electron chi connectivity index (χ4n) is 2.87. The smallest absolute Gasteiger partial charge is 0.154 e. The summed E-state index contributed by atoms with van der Waals surface area (Å²) in [6, 6.07) is 2.17. The topological polar surface area (TPSA) is 33.4 Å². The van der Waals surface area contributed by atoms with E-state index in [1.165, 1.54) is 6.42 Å². The van der Waals surface area contributed by atoms with E-state index in [9.17, 15) is 0 Å². The molecule has 0 bridgehead atoms. The lowest BCUT2D eigenvalue weighted by molar-refractivity contribution is 0.572. The molecule has 2 aromatic heterocycles. The summed E-state index contributed by atoms with van der Waals surface area (Å²) in [5.74, 6) is 2.94. The first-order chi connectivity index (χ1) is 9.69.